The van der Waals surface area contributed by atoms with E-state index in [0.717, 1.165) is 4.47 Å². The third-order valence-corrected chi connectivity index (χ3v) is 2.17. The van der Waals surface area contributed by atoms with Crippen molar-refractivity contribution in [3.05, 3.63) is 16.6 Å². The summed E-state index contributed by atoms with van der Waals surface area (Å²) >= 11 is 3.27. The summed E-state index contributed by atoms with van der Waals surface area (Å²) in [6.45, 7) is 1.08. The largest absolute Gasteiger partial charge is 0.508 e. The highest BCUT2D eigenvalue weighted by Gasteiger charge is 2.15. The molecule has 0 saturated carbocycles. The third-order valence-electron chi connectivity index (χ3n) is 1.58. The molecular weight excluding hydrogens is 224 g/mol. The summed E-state index contributed by atoms with van der Waals surface area (Å²) in [6, 6.07) is 3.12. The molecule has 0 bridgehead atoms. The molecule has 0 atom stereocenters. The zero-order valence-corrected chi connectivity index (χ0v) is 7.80. The van der Waals surface area contributed by atoms with Crippen LogP contribution >= 0.6 is 15.9 Å². The van der Waals surface area contributed by atoms with E-state index in [1.165, 1.54) is 0 Å². The van der Waals surface area contributed by atoms with Gasteiger partial charge in [-0.05, 0) is 22.0 Å². The fourth-order valence-electron chi connectivity index (χ4n) is 1.10. The van der Waals surface area contributed by atoms with Crippen molar-refractivity contribution < 1.29 is 14.6 Å². The molecule has 0 aromatic heterocycles. The van der Waals surface area contributed by atoms with E-state index in [-0.39, 0.29) is 5.75 Å². The number of fused-ring (bicyclic) bond motifs is 1. The first-order valence-electron chi connectivity index (χ1n) is 3.55. The Balaban J connectivity index is 2.53. The van der Waals surface area contributed by atoms with E-state index in [9.17, 15) is 5.11 Å². The van der Waals surface area contributed by atoms with E-state index in [1.807, 2.05) is 0 Å². The van der Waals surface area contributed by atoms with E-state index in [1.54, 1.807) is 12.1 Å². The number of hydrogen-bond donors (Lipinski definition) is 1. The van der Waals surface area contributed by atoms with Gasteiger partial charge in [-0.2, -0.15) is 0 Å². The Morgan fingerprint density at radius 3 is 2.83 bits per heavy atom. The van der Waals surface area contributed by atoms with Crippen LogP contribution in [0.2, 0.25) is 0 Å². The topological polar surface area (TPSA) is 38.7 Å². The molecule has 0 unspecified atom stereocenters. The minimum absolute atomic E-state index is 0.172. The summed E-state index contributed by atoms with van der Waals surface area (Å²) in [4.78, 5) is 0. The van der Waals surface area contributed by atoms with E-state index in [4.69, 9.17) is 9.47 Å². The number of phenols is 1. The number of hydrogen-bond acceptors (Lipinski definition) is 3. The molecule has 0 saturated heterocycles. The van der Waals surface area contributed by atoms with Gasteiger partial charge in [0.2, 0.25) is 0 Å². The van der Waals surface area contributed by atoms with Gasteiger partial charge >= 0.3 is 0 Å². The maximum absolute atomic E-state index is 9.20. The molecule has 0 aliphatic carbocycles. The van der Waals surface area contributed by atoms with Crippen molar-refractivity contribution in [3.8, 4) is 17.2 Å². The van der Waals surface area contributed by atoms with Crippen LogP contribution in [0.3, 0.4) is 0 Å². The predicted molar refractivity (Wildman–Crippen MR) is 46.8 cm³/mol. The van der Waals surface area contributed by atoms with E-state index in [0.29, 0.717) is 24.7 Å². The van der Waals surface area contributed by atoms with Gasteiger partial charge in [0.25, 0.3) is 0 Å². The van der Waals surface area contributed by atoms with Crippen molar-refractivity contribution >= 4 is 15.9 Å². The van der Waals surface area contributed by atoms with Crippen LogP contribution in [0.5, 0.6) is 17.2 Å². The number of rotatable bonds is 0. The summed E-state index contributed by atoms with van der Waals surface area (Å²) in [6.07, 6.45) is 0. The van der Waals surface area contributed by atoms with Crippen molar-refractivity contribution in [2.75, 3.05) is 13.2 Å². The summed E-state index contributed by atoms with van der Waals surface area (Å²) in [7, 11) is 0. The molecule has 1 aliphatic heterocycles. The first-order chi connectivity index (χ1) is 5.77. The van der Waals surface area contributed by atoms with E-state index >= 15 is 0 Å². The molecule has 1 aromatic rings. The van der Waals surface area contributed by atoms with Crippen LogP contribution in [0, 0.1) is 0 Å². The summed E-state index contributed by atoms with van der Waals surface area (Å²) in [5.74, 6) is 1.43. The van der Waals surface area contributed by atoms with Crippen molar-refractivity contribution in [2.24, 2.45) is 0 Å². The summed E-state index contributed by atoms with van der Waals surface area (Å²) in [5, 5.41) is 9.20. The quantitative estimate of drug-likeness (QED) is 0.741. The Hall–Kier alpha value is -0.900. The van der Waals surface area contributed by atoms with Gasteiger partial charge in [0, 0.05) is 6.07 Å². The van der Waals surface area contributed by atoms with Gasteiger partial charge in [0.05, 0.1) is 4.47 Å². The average molecular weight is 231 g/mol. The predicted octanol–water partition coefficient (Wildman–Crippen LogP) is 1.93. The van der Waals surface area contributed by atoms with Gasteiger partial charge < -0.3 is 14.6 Å². The van der Waals surface area contributed by atoms with Crippen LogP contribution in [0.25, 0.3) is 0 Å². The summed E-state index contributed by atoms with van der Waals surface area (Å²) < 4.78 is 11.3. The molecule has 1 aliphatic rings. The molecule has 3 nitrogen and oxygen atoms in total. The molecule has 0 fully saturated rings. The highest BCUT2D eigenvalue weighted by molar-refractivity contribution is 9.10. The van der Waals surface area contributed by atoms with Crippen LogP contribution in [-0.4, -0.2) is 18.3 Å². The van der Waals surface area contributed by atoms with Crippen LogP contribution in [-0.2, 0) is 0 Å². The second kappa shape index (κ2) is 2.86. The lowest BCUT2D eigenvalue weighted by atomic mass is 10.3. The normalized spacial score (nSPS) is 14.4. The third kappa shape index (κ3) is 1.22. The van der Waals surface area contributed by atoms with Crippen LogP contribution in [0.1, 0.15) is 0 Å². The average Bonchev–Trinajstić information content (AvgIpc) is 2.04. The van der Waals surface area contributed by atoms with Gasteiger partial charge in [-0.25, -0.2) is 0 Å². The van der Waals surface area contributed by atoms with Gasteiger partial charge in [0.15, 0.2) is 11.5 Å². The number of halogens is 1. The molecule has 0 radical (unpaired) electrons. The number of phenolic OH excluding ortho intramolecular Hbond substituents is 1. The fraction of sp³-hybridized carbons (Fsp3) is 0.250. The molecule has 1 N–H and O–H groups in total. The monoisotopic (exact) mass is 230 g/mol. The number of aromatic hydroxyl groups is 1. The fourth-order valence-corrected chi connectivity index (χ4v) is 1.64. The first-order valence-corrected chi connectivity index (χ1v) is 4.35. The van der Waals surface area contributed by atoms with E-state index < -0.39 is 0 Å². The molecular formula is C8H7BrO3. The first kappa shape index (κ1) is 7.73. The van der Waals surface area contributed by atoms with E-state index in [2.05, 4.69) is 15.9 Å². The molecule has 1 aromatic carbocycles. The van der Waals surface area contributed by atoms with Crippen molar-refractivity contribution in [2.45, 2.75) is 0 Å². The molecule has 4 heteroatoms. The Morgan fingerprint density at radius 2 is 2.00 bits per heavy atom. The van der Waals surface area contributed by atoms with Crippen LogP contribution in [0.15, 0.2) is 16.6 Å². The molecule has 0 amide bonds. The zero-order valence-electron chi connectivity index (χ0n) is 6.21. The summed E-state index contributed by atoms with van der Waals surface area (Å²) in [5.41, 5.74) is 0. The van der Waals surface area contributed by atoms with Gasteiger partial charge in [-0.15, -0.1) is 0 Å². The lowest BCUT2D eigenvalue weighted by Gasteiger charge is -2.19. The van der Waals surface area contributed by atoms with Gasteiger partial charge in [-0.1, -0.05) is 0 Å². The second-order valence-corrected chi connectivity index (χ2v) is 3.31. The maximum atomic E-state index is 9.20. The minimum atomic E-state index is 0.172. The van der Waals surface area contributed by atoms with Crippen LogP contribution < -0.4 is 9.47 Å². The Labute approximate surface area is 78.0 Å². The van der Waals surface area contributed by atoms with Gasteiger partial charge in [-0.3, -0.25) is 0 Å². The van der Waals surface area contributed by atoms with Crippen molar-refractivity contribution in [1.29, 1.82) is 0 Å². The lowest BCUT2D eigenvalue weighted by molar-refractivity contribution is 0.169. The molecule has 12 heavy (non-hydrogen) atoms. The highest BCUT2D eigenvalue weighted by atomic mass is 79.9. The highest BCUT2D eigenvalue weighted by Crippen LogP contribution is 2.40. The Bertz CT molecular complexity index is 311. The molecule has 2 rings (SSSR count). The van der Waals surface area contributed by atoms with Crippen molar-refractivity contribution in [1.82, 2.24) is 0 Å². The maximum Gasteiger partial charge on any atom is 0.175 e. The Morgan fingerprint density at radius 1 is 1.25 bits per heavy atom. The lowest BCUT2D eigenvalue weighted by Crippen LogP contribution is -2.15. The number of benzene rings is 1. The van der Waals surface area contributed by atoms with Crippen molar-refractivity contribution in [3.63, 3.8) is 0 Å². The van der Waals surface area contributed by atoms with Crippen LogP contribution in [0.4, 0.5) is 0 Å². The minimum Gasteiger partial charge on any atom is -0.508 e. The zero-order chi connectivity index (χ0) is 8.55. The SMILES string of the molecule is Oc1cc(Br)c2c(c1)OCCO2. The van der Waals surface area contributed by atoms with Gasteiger partial charge in [0.1, 0.15) is 19.0 Å². The smallest absolute Gasteiger partial charge is 0.175 e. The molecule has 0 spiro atoms. The Kier molecular flexibility index (Phi) is 1.84. The molecule has 64 valence electrons. The second-order valence-electron chi connectivity index (χ2n) is 2.45. The standard InChI is InChI=1S/C8H7BrO3/c9-6-3-5(10)4-7-8(6)12-2-1-11-7/h3-4,10H,1-2H2. The number of ether oxygens (including phenoxy) is 2. The molecule has 1 heterocycles.